The zero-order valence-electron chi connectivity index (χ0n) is 12.4. The van der Waals surface area contributed by atoms with Crippen LogP contribution in [0.3, 0.4) is 0 Å². The van der Waals surface area contributed by atoms with Gasteiger partial charge in [-0.05, 0) is 17.7 Å². The summed E-state index contributed by atoms with van der Waals surface area (Å²) in [6.07, 6.45) is -0.991. The number of benzene rings is 2. The molecule has 3 atom stereocenters. The van der Waals surface area contributed by atoms with Crippen LogP contribution in [0, 0.1) is 5.92 Å². The number of rotatable bonds is 1. The summed E-state index contributed by atoms with van der Waals surface area (Å²) in [4.78, 5) is 43.8. The van der Waals surface area contributed by atoms with E-state index in [2.05, 4.69) is 5.32 Å². The van der Waals surface area contributed by atoms with E-state index in [1.807, 2.05) is 6.07 Å². The maximum Gasteiger partial charge on any atom is 0.259 e. The Balaban J connectivity index is 1.83. The number of carbonyl (C=O) groups excluding carboxylic acids is 3. The molecular weight excluding hydrogens is 308 g/mol. The third-order valence-electron chi connectivity index (χ3n) is 5.01. The van der Waals surface area contributed by atoms with E-state index in [-0.39, 0.29) is 5.78 Å². The van der Waals surface area contributed by atoms with Crippen molar-refractivity contribution in [3.8, 4) is 0 Å². The number of hydrogen-bond acceptors (Lipinski definition) is 5. The van der Waals surface area contributed by atoms with Crippen molar-refractivity contribution in [2.45, 2.75) is 11.6 Å². The van der Waals surface area contributed by atoms with E-state index in [0.29, 0.717) is 16.8 Å². The second-order valence-corrected chi connectivity index (χ2v) is 6.13. The predicted octanol–water partition coefficient (Wildman–Crippen LogP) is 1.17. The average Bonchev–Trinajstić information content (AvgIpc) is 3.18. The van der Waals surface area contributed by atoms with E-state index in [1.54, 1.807) is 48.5 Å². The molecule has 2 aromatic rings. The number of Topliss-reactive ketones (excluding diaryl/α,β-unsaturated/α-hetero) is 1. The number of nitrogens with zero attached hydrogens (tertiary/aromatic N) is 1. The fourth-order valence-corrected chi connectivity index (χ4v) is 4.05. The minimum atomic E-state index is -1.34. The molecule has 0 aliphatic carbocycles. The van der Waals surface area contributed by atoms with E-state index in [4.69, 9.17) is 4.84 Å². The molecule has 2 amide bonds. The van der Waals surface area contributed by atoms with Crippen LogP contribution in [0.15, 0.2) is 54.6 Å². The van der Waals surface area contributed by atoms with E-state index in [0.717, 1.165) is 0 Å². The lowest BCUT2D eigenvalue weighted by Gasteiger charge is -2.33. The van der Waals surface area contributed by atoms with Gasteiger partial charge in [0.15, 0.2) is 17.4 Å². The van der Waals surface area contributed by atoms with Gasteiger partial charge in [0.1, 0.15) is 5.92 Å². The highest BCUT2D eigenvalue weighted by atomic mass is 16.7. The van der Waals surface area contributed by atoms with Crippen LogP contribution >= 0.6 is 0 Å². The molecule has 2 aromatic carbocycles. The number of hydroxylamine groups is 1. The maximum absolute atomic E-state index is 13.4. The van der Waals surface area contributed by atoms with Crippen molar-refractivity contribution in [3.05, 3.63) is 65.7 Å². The lowest BCUT2D eigenvalue weighted by atomic mass is 9.74. The monoisotopic (exact) mass is 320 g/mol. The molecule has 0 unspecified atom stereocenters. The quantitative estimate of drug-likeness (QED) is 0.798. The Hall–Kier alpha value is -2.99. The van der Waals surface area contributed by atoms with Gasteiger partial charge in [0, 0.05) is 5.56 Å². The third kappa shape index (κ3) is 1.33. The van der Waals surface area contributed by atoms with Crippen LogP contribution in [-0.4, -0.2) is 23.7 Å². The van der Waals surface area contributed by atoms with Crippen LogP contribution in [0.5, 0.6) is 0 Å². The van der Waals surface area contributed by atoms with Crippen molar-refractivity contribution in [1.29, 1.82) is 0 Å². The maximum atomic E-state index is 13.4. The van der Waals surface area contributed by atoms with Gasteiger partial charge < -0.3 is 0 Å². The SMILES string of the molecule is O=C1NC(=O)[C@@H]2ON3c4ccccc4C(=O)[C@]3(c3ccccc3)[C@H]12. The summed E-state index contributed by atoms with van der Waals surface area (Å²) in [5, 5.41) is 3.76. The molecule has 1 N–H and O–H groups in total. The predicted molar refractivity (Wildman–Crippen MR) is 82.9 cm³/mol. The summed E-state index contributed by atoms with van der Waals surface area (Å²) >= 11 is 0. The first-order valence-corrected chi connectivity index (χ1v) is 7.67. The number of ketones is 1. The van der Waals surface area contributed by atoms with E-state index >= 15 is 0 Å². The highest BCUT2D eigenvalue weighted by Gasteiger charge is 2.71. The Bertz CT molecular complexity index is 910. The Kier molecular flexibility index (Phi) is 2.41. The van der Waals surface area contributed by atoms with Crippen LogP contribution in [0.1, 0.15) is 15.9 Å². The highest BCUT2D eigenvalue weighted by molar-refractivity contribution is 6.20. The minimum absolute atomic E-state index is 0.221. The van der Waals surface area contributed by atoms with Crippen molar-refractivity contribution in [2.75, 3.05) is 5.06 Å². The molecule has 2 saturated heterocycles. The fraction of sp³-hybridized carbons (Fsp3) is 0.167. The van der Waals surface area contributed by atoms with Crippen molar-refractivity contribution in [2.24, 2.45) is 5.92 Å². The van der Waals surface area contributed by atoms with E-state index < -0.39 is 29.4 Å². The van der Waals surface area contributed by atoms with Crippen molar-refractivity contribution < 1.29 is 19.2 Å². The van der Waals surface area contributed by atoms with Crippen LogP contribution in [0.4, 0.5) is 5.69 Å². The first-order valence-electron chi connectivity index (χ1n) is 7.67. The van der Waals surface area contributed by atoms with Gasteiger partial charge in [-0.3, -0.25) is 24.5 Å². The summed E-state index contributed by atoms with van der Waals surface area (Å²) < 4.78 is 0. The molecule has 5 rings (SSSR count). The molecule has 3 aliphatic rings. The van der Waals surface area contributed by atoms with Crippen LogP contribution in [-0.2, 0) is 20.0 Å². The first-order chi connectivity index (χ1) is 11.7. The second kappa shape index (κ2) is 4.30. The van der Waals surface area contributed by atoms with Crippen molar-refractivity contribution in [3.63, 3.8) is 0 Å². The van der Waals surface area contributed by atoms with Gasteiger partial charge in [0.05, 0.1) is 5.69 Å². The lowest BCUT2D eigenvalue weighted by Crippen LogP contribution is -2.50. The molecule has 6 nitrogen and oxygen atoms in total. The fourth-order valence-electron chi connectivity index (χ4n) is 4.05. The molecule has 0 radical (unpaired) electrons. The number of para-hydroxylation sites is 1. The summed E-state index contributed by atoms with van der Waals surface area (Å²) in [6, 6.07) is 16.1. The van der Waals surface area contributed by atoms with Crippen LogP contribution in [0.2, 0.25) is 0 Å². The Morgan fingerprint density at radius 1 is 0.917 bits per heavy atom. The summed E-state index contributed by atoms with van der Waals surface area (Å²) in [7, 11) is 0. The first kappa shape index (κ1) is 13.4. The number of anilines is 1. The van der Waals surface area contributed by atoms with E-state index in [1.165, 1.54) is 5.06 Å². The Labute approximate surface area is 137 Å². The van der Waals surface area contributed by atoms with Gasteiger partial charge in [0.2, 0.25) is 5.91 Å². The number of amides is 2. The zero-order valence-corrected chi connectivity index (χ0v) is 12.4. The number of nitrogens with one attached hydrogen (secondary N) is 1. The molecule has 118 valence electrons. The standard InChI is InChI=1S/C18H12N2O4/c21-15-11-8-4-5-9-12(11)20-18(15,10-6-2-1-3-7-10)13-14(24-20)17(23)19-16(13)22/h1-9,13-14H,(H,19,22,23)/t13-,14+,18-/m0/s1. The van der Waals surface area contributed by atoms with E-state index in [9.17, 15) is 14.4 Å². The van der Waals surface area contributed by atoms with Crippen LogP contribution in [0.25, 0.3) is 0 Å². The molecule has 0 aromatic heterocycles. The van der Waals surface area contributed by atoms with Gasteiger partial charge in [-0.25, -0.2) is 5.06 Å². The van der Waals surface area contributed by atoms with Gasteiger partial charge in [0.25, 0.3) is 5.91 Å². The highest BCUT2D eigenvalue weighted by Crippen LogP contribution is 2.56. The molecule has 0 saturated carbocycles. The topological polar surface area (TPSA) is 75.7 Å². The molecule has 3 heterocycles. The summed E-state index contributed by atoms with van der Waals surface area (Å²) in [5.41, 5.74) is 0.378. The van der Waals surface area contributed by atoms with Crippen molar-refractivity contribution in [1.82, 2.24) is 5.32 Å². The third-order valence-corrected chi connectivity index (χ3v) is 5.01. The number of fused-ring (bicyclic) bond motifs is 5. The summed E-state index contributed by atoms with van der Waals surface area (Å²) in [6.45, 7) is 0. The number of carbonyl (C=O) groups is 3. The summed E-state index contributed by atoms with van der Waals surface area (Å²) in [5.74, 6) is -2.11. The average molecular weight is 320 g/mol. The van der Waals surface area contributed by atoms with Gasteiger partial charge in [-0.15, -0.1) is 0 Å². The normalized spacial score (nSPS) is 30.2. The van der Waals surface area contributed by atoms with Gasteiger partial charge in [-0.2, -0.15) is 0 Å². The van der Waals surface area contributed by atoms with Crippen molar-refractivity contribution >= 4 is 23.3 Å². The van der Waals surface area contributed by atoms with Crippen LogP contribution < -0.4 is 10.4 Å². The van der Waals surface area contributed by atoms with Gasteiger partial charge in [-0.1, -0.05) is 42.5 Å². The molecular formula is C18H12N2O4. The second-order valence-electron chi connectivity index (χ2n) is 6.13. The molecule has 0 spiro atoms. The largest absolute Gasteiger partial charge is 0.294 e. The molecule has 3 aliphatic heterocycles. The smallest absolute Gasteiger partial charge is 0.259 e. The Morgan fingerprint density at radius 3 is 2.42 bits per heavy atom. The number of imide groups is 1. The lowest BCUT2D eigenvalue weighted by molar-refractivity contribution is -0.129. The Morgan fingerprint density at radius 2 is 1.62 bits per heavy atom. The molecule has 6 heteroatoms. The van der Waals surface area contributed by atoms with Gasteiger partial charge >= 0.3 is 0 Å². The number of hydrogen-bond donors (Lipinski definition) is 1. The molecule has 2 fully saturated rings. The minimum Gasteiger partial charge on any atom is -0.294 e. The zero-order chi connectivity index (χ0) is 16.5. The molecule has 0 bridgehead atoms. The molecule has 24 heavy (non-hydrogen) atoms.